The molecule has 0 fully saturated rings. The van der Waals surface area contributed by atoms with Crippen LogP contribution in [0.2, 0.25) is 0 Å². The number of fused-ring (bicyclic) bond motifs is 1. The maximum Gasteiger partial charge on any atom is 0.261 e. The Morgan fingerprint density at radius 2 is 1.70 bits per heavy atom. The van der Waals surface area contributed by atoms with Crippen LogP contribution in [0.4, 0.5) is 14.5 Å². The molecule has 0 unspecified atom stereocenters. The third-order valence-electron chi connectivity index (χ3n) is 6.05. The number of benzene rings is 2. The molecule has 0 spiro atoms. The molecule has 9 nitrogen and oxygen atoms in total. The topological polar surface area (TPSA) is 116 Å². The summed E-state index contributed by atoms with van der Waals surface area (Å²) in [6, 6.07) is 12.4. The van der Waals surface area contributed by atoms with Gasteiger partial charge in [0, 0.05) is 41.8 Å². The number of aromatic hydroxyl groups is 1. The van der Waals surface area contributed by atoms with Crippen molar-refractivity contribution in [3.8, 4) is 40.0 Å². The second-order valence-electron chi connectivity index (χ2n) is 8.57. The third-order valence-corrected chi connectivity index (χ3v) is 6.05. The molecule has 0 saturated carbocycles. The maximum absolute atomic E-state index is 15.1. The number of aryl methyl sites for hydroxylation is 1. The number of rotatable bonds is 7. The summed E-state index contributed by atoms with van der Waals surface area (Å²) in [7, 11) is 2.92. The minimum atomic E-state index is -0.762. The van der Waals surface area contributed by atoms with Gasteiger partial charge in [0.1, 0.15) is 22.6 Å². The number of hydrogen-bond donors (Lipinski definition) is 2. The van der Waals surface area contributed by atoms with Gasteiger partial charge in [0.15, 0.2) is 23.1 Å². The molecule has 0 bridgehead atoms. The van der Waals surface area contributed by atoms with E-state index in [0.717, 1.165) is 6.07 Å². The molecular weight excluding hydrogens is 522 g/mol. The van der Waals surface area contributed by atoms with E-state index in [1.165, 1.54) is 69.1 Å². The average molecular weight is 545 g/mol. The van der Waals surface area contributed by atoms with Crippen molar-refractivity contribution in [3.05, 3.63) is 89.9 Å². The summed E-state index contributed by atoms with van der Waals surface area (Å²) in [4.78, 5) is 25.9. The van der Waals surface area contributed by atoms with Gasteiger partial charge in [-0.1, -0.05) is 12.1 Å². The molecule has 3 aromatic heterocycles. The van der Waals surface area contributed by atoms with Crippen LogP contribution in [0.1, 0.15) is 16.1 Å². The number of pyridine rings is 3. The molecule has 11 heteroatoms. The smallest absolute Gasteiger partial charge is 0.261 e. The second kappa shape index (κ2) is 10.8. The first-order valence-corrected chi connectivity index (χ1v) is 11.9. The van der Waals surface area contributed by atoms with Crippen molar-refractivity contribution < 1.29 is 32.9 Å². The molecule has 5 aromatic rings. The van der Waals surface area contributed by atoms with E-state index in [2.05, 4.69) is 20.3 Å². The lowest BCUT2D eigenvalue weighted by molar-refractivity contribution is 0.102. The lowest BCUT2D eigenvalue weighted by atomic mass is 10.0. The van der Waals surface area contributed by atoms with E-state index in [9.17, 15) is 14.3 Å². The summed E-state index contributed by atoms with van der Waals surface area (Å²) in [6.45, 7) is 1.55. The third kappa shape index (κ3) is 5.04. The number of anilines is 1. The number of nitrogens with zero attached hydrogens (tertiary/aromatic N) is 3. The van der Waals surface area contributed by atoms with Gasteiger partial charge in [-0.25, -0.2) is 13.8 Å². The van der Waals surface area contributed by atoms with E-state index in [4.69, 9.17) is 14.2 Å². The molecule has 0 atom stereocenters. The van der Waals surface area contributed by atoms with Gasteiger partial charge in [0.2, 0.25) is 0 Å². The summed E-state index contributed by atoms with van der Waals surface area (Å²) >= 11 is 0. The average Bonchev–Trinajstić information content (AvgIpc) is 2.94. The van der Waals surface area contributed by atoms with E-state index in [1.54, 1.807) is 13.0 Å². The largest absolute Gasteiger partial charge is 0.506 e. The highest BCUT2D eigenvalue weighted by molar-refractivity contribution is 6.08. The van der Waals surface area contributed by atoms with Crippen LogP contribution in [0.25, 0.3) is 22.2 Å². The zero-order chi connectivity index (χ0) is 28.4. The van der Waals surface area contributed by atoms with Crippen LogP contribution in [0.5, 0.6) is 28.9 Å². The number of carbonyl (C=O) groups excluding carboxylic acids is 1. The highest BCUT2D eigenvalue weighted by Gasteiger charge is 2.21. The van der Waals surface area contributed by atoms with Crippen LogP contribution >= 0.6 is 0 Å². The highest BCUT2D eigenvalue weighted by Crippen LogP contribution is 2.36. The van der Waals surface area contributed by atoms with E-state index in [-0.39, 0.29) is 45.6 Å². The van der Waals surface area contributed by atoms with Crippen molar-refractivity contribution in [1.82, 2.24) is 15.0 Å². The monoisotopic (exact) mass is 544 g/mol. The van der Waals surface area contributed by atoms with Gasteiger partial charge in [0.25, 0.3) is 11.8 Å². The Morgan fingerprint density at radius 3 is 2.40 bits per heavy atom. The molecule has 40 heavy (non-hydrogen) atoms. The number of ether oxygens (including phenoxy) is 3. The Bertz CT molecular complexity index is 1750. The summed E-state index contributed by atoms with van der Waals surface area (Å²) in [5.74, 6) is -1.54. The maximum atomic E-state index is 15.1. The predicted molar refractivity (Wildman–Crippen MR) is 143 cm³/mol. The Kier molecular flexibility index (Phi) is 7.11. The van der Waals surface area contributed by atoms with E-state index in [0.29, 0.717) is 22.3 Å². The van der Waals surface area contributed by atoms with Crippen molar-refractivity contribution in [3.63, 3.8) is 0 Å². The fourth-order valence-corrected chi connectivity index (χ4v) is 4.07. The van der Waals surface area contributed by atoms with Gasteiger partial charge in [-0.2, -0.15) is 0 Å². The number of amides is 1. The van der Waals surface area contributed by atoms with E-state index < -0.39 is 17.5 Å². The minimum absolute atomic E-state index is 0.0961. The summed E-state index contributed by atoms with van der Waals surface area (Å²) in [5.41, 5.74) is 1.78. The Balaban J connectivity index is 1.40. The van der Waals surface area contributed by atoms with Gasteiger partial charge in [-0.15, -0.1) is 0 Å². The molecule has 2 N–H and O–H groups in total. The highest BCUT2D eigenvalue weighted by atomic mass is 19.1. The SMILES string of the molecule is COc1cc2nccc(Oc3ccc(NC(=O)c4c(C)ncc(-c5ccc(F)cc5)c4O)cc3F)c2nc1OC. The Hall–Kier alpha value is -5.32. The molecule has 1 amide bonds. The zero-order valence-corrected chi connectivity index (χ0v) is 21.5. The predicted octanol–water partition coefficient (Wildman–Crippen LogP) is 6.05. The van der Waals surface area contributed by atoms with Crippen molar-refractivity contribution >= 4 is 22.6 Å². The first-order chi connectivity index (χ1) is 19.3. The van der Waals surface area contributed by atoms with E-state index in [1.807, 2.05) is 0 Å². The molecule has 0 aliphatic heterocycles. The van der Waals surface area contributed by atoms with Crippen LogP contribution < -0.4 is 19.5 Å². The normalized spacial score (nSPS) is 10.8. The van der Waals surface area contributed by atoms with Crippen LogP contribution in [0.15, 0.2) is 67.0 Å². The van der Waals surface area contributed by atoms with Crippen molar-refractivity contribution in [2.24, 2.45) is 0 Å². The summed E-state index contributed by atoms with van der Waals surface area (Å²) < 4.78 is 44.7. The Labute approximate surface area is 227 Å². The number of nitrogens with one attached hydrogen (secondary N) is 1. The standard InChI is InChI=1S/C29H22F2N4O5/c1-15-25(27(36)19(14-33-15)16-4-6-17(30)7-5-16)28(37)34-18-8-9-22(20(31)12-18)40-23-10-11-32-21-13-24(38-2)29(39-3)35-26(21)23/h4-14H,1-3H3,(H,33,36)(H,34,37). The van der Waals surface area contributed by atoms with Gasteiger partial charge < -0.3 is 24.6 Å². The van der Waals surface area contributed by atoms with Crippen molar-refractivity contribution in [2.75, 3.05) is 19.5 Å². The first kappa shape index (κ1) is 26.3. The molecule has 3 heterocycles. The van der Waals surface area contributed by atoms with Crippen molar-refractivity contribution in [2.45, 2.75) is 6.92 Å². The van der Waals surface area contributed by atoms with Gasteiger partial charge in [0.05, 0.1) is 25.4 Å². The van der Waals surface area contributed by atoms with Gasteiger partial charge >= 0.3 is 0 Å². The fourth-order valence-electron chi connectivity index (χ4n) is 4.07. The quantitative estimate of drug-likeness (QED) is 0.255. The van der Waals surface area contributed by atoms with Gasteiger partial charge in [-0.05, 0) is 36.8 Å². The fraction of sp³-hybridized carbons (Fsp3) is 0.103. The summed E-state index contributed by atoms with van der Waals surface area (Å²) in [6.07, 6.45) is 2.88. The summed E-state index contributed by atoms with van der Waals surface area (Å²) in [5, 5.41) is 13.4. The van der Waals surface area contributed by atoms with E-state index >= 15 is 4.39 Å². The van der Waals surface area contributed by atoms with Crippen LogP contribution in [-0.4, -0.2) is 40.2 Å². The molecule has 5 rings (SSSR count). The molecule has 202 valence electrons. The van der Waals surface area contributed by atoms with Crippen LogP contribution in [0.3, 0.4) is 0 Å². The number of carbonyl (C=O) groups is 1. The molecule has 0 aliphatic carbocycles. The molecule has 0 radical (unpaired) electrons. The van der Waals surface area contributed by atoms with Crippen molar-refractivity contribution in [1.29, 1.82) is 0 Å². The van der Waals surface area contributed by atoms with Crippen LogP contribution in [-0.2, 0) is 0 Å². The lowest BCUT2D eigenvalue weighted by Gasteiger charge is -2.14. The molecule has 0 saturated heterocycles. The number of halogens is 2. The molecular formula is C29H22F2N4O5. The number of hydrogen-bond acceptors (Lipinski definition) is 8. The minimum Gasteiger partial charge on any atom is -0.506 e. The second-order valence-corrected chi connectivity index (χ2v) is 8.57. The Morgan fingerprint density at radius 1 is 0.925 bits per heavy atom. The molecule has 2 aromatic carbocycles. The number of methoxy groups -OCH3 is 2. The van der Waals surface area contributed by atoms with Crippen LogP contribution in [0, 0.1) is 18.6 Å². The molecule has 0 aliphatic rings. The van der Waals surface area contributed by atoms with Gasteiger partial charge in [-0.3, -0.25) is 14.8 Å². The lowest BCUT2D eigenvalue weighted by Crippen LogP contribution is -2.15. The first-order valence-electron chi connectivity index (χ1n) is 11.9. The zero-order valence-electron chi connectivity index (χ0n) is 21.5. The number of aromatic nitrogens is 3.